The molecule has 5 heteroatoms. The Bertz CT molecular complexity index is 584. The van der Waals surface area contributed by atoms with E-state index < -0.39 is 0 Å². The van der Waals surface area contributed by atoms with E-state index in [2.05, 4.69) is 4.98 Å². The summed E-state index contributed by atoms with van der Waals surface area (Å²) in [4.78, 5) is 18.4. The number of hydrogen-bond donors (Lipinski definition) is 1. The van der Waals surface area contributed by atoms with Crippen LogP contribution >= 0.6 is 0 Å². The molecule has 1 amide bonds. The summed E-state index contributed by atoms with van der Waals surface area (Å²) in [6.07, 6.45) is 5.89. The van der Waals surface area contributed by atoms with E-state index in [9.17, 15) is 4.79 Å². The SMILES string of the molecule is NCc1ccc2nc(C(=O)N3CCCC3)cn2c1. The summed E-state index contributed by atoms with van der Waals surface area (Å²) in [5, 5.41) is 0. The molecule has 0 radical (unpaired) electrons. The van der Waals surface area contributed by atoms with Gasteiger partial charge in [-0.05, 0) is 24.5 Å². The second-order valence-corrected chi connectivity index (χ2v) is 4.63. The van der Waals surface area contributed by atoms with Crippen molar-refractivity contribution in [1.82, 2.24) is 14.3 Å². The first-order chi connectivity index (χ1) is 8.78. The molecule has 0 aromatic carbocycles. The Hall–Kier alpha value is -1.88. The van der Waals surface area contributed by atoms with E-state index in [4.69, 9.17) is 5.73 Å². The number of pyridine rings is 1. The Morgan fingerprint density at radius 1 is 1.28 bits per heavy atom. The van der Waals surface area contributed by atoms with Crippen molar-refractivity contribution in [2.75, 3.05) is 13.1 Å². The van der Waals surface area contributed by atoms with Gasteiger partial charge in [0, 0.05) is 32.0 Å². The van der Waals surface area contributed by atoms with Gasteiger partial charge in [0.15, 0.2) is 0 Å². The van der Waals surface area contributed by atoms with Gasteiger partial charge >= 0.3 is 0 Å². The van der Waals surface area contributed by atoms with Crippen LogP contribution in [0.2, 0.25) is 0 Å². The fourth-order valence-corrected chi connectivity index (χ4v) is 2.34. The molecule has 1 aliphatic heterocycles. The van der Waals surface area contributed by atoms with Crippen molar-refractivity contribution in [3.63, 3.8) is 0 Å². The van der Waals surface area contributed by atoms with Crippen LogP contribution in [0.3, 0.4) is 0 Å². The van der Waals surface area contributed by atoms with Crippen LogP contribution in [0.25, 0.3) is 5.65 Å². The number of rotatable bonds is 2. The molecule has 0 aliphatic carbocycles. The van der Waals surface area contributed by atoms with E-state index in [1.807, 2.05) is 27.6 Å². The topological polar surface area (TPSA) is 63.6 Å². The molecule has 2 aromatic rings. The Morgan fingerprint density at radius 3 is 2.78 bits per heavy atom. The van der Waals surface area contributed by atoms with Gasteiger partial charge in [-0.2, -0.15) is 0 Å². The third kappa shape index (κ3) is 1.86. The van der Waals surface area contributed by atoms with Crippen LogP contribution in [0.4, 0.5) is 0 Å². The Labute approximate surface area is 105 Å². The highest BCUT2D eigenvalue weighted by Gasteiger charge is 2.21. The zero-order chi connectivity index (χ0) is 12.5. The number of amides is 1. The number of imidazole rings is 1. The van der Waals surface area contributed by atoms with E-state index in [1.54, 1.807) is 6.20 Å². The maximum Gasteiger partial charge on any atom is 0.274 e. The molecular formula is C13H16N4O. The summed E-state index contributed by atoms with van der Waals surface area (Å²) in [5.74, 6) is 0.0329. The van der Waals surface area contributed by atoms with Crippen LogP contribution in [0.15, 0.2) is 24.5 Å². The first-order valence-electron chi connectivity index (χ1n) is 6.25. The minimum Gasteiger partial charge on any atom is -0.337 e. The van der Waals surface area contributed by atoms with Crippen molar-refractivity contribution in [2.24, 2.45) is 5.73 Å². The average molecular weight is 244 g/mol. The number of fused-ring (bicyclic) bond motifs is 1. The Morgan fingerprint density at radius 2 is 2.06 bits per heavy atom. The van der Waals surface area contributed by atoms with E-state index in [0.717, 1.165) is 37.1 Å². The van der Waals surface area contributed by atoms with E-state index in [-0.39, 0.29) is 5.91 Å². The van der Waals surface area contributed by atoms with Crippen LogP contribution in [-0.2, 0) is 6.54 Å². The van der Waals surface area contributed by atoms with Crippen molar-refractivity contribution in [2.45, 2.75) is 19.4 Å². The summed E-state index contributed by atoms with van der Waals surface area (Å²) in [7, 11) is 0. The Balaban J connectivity index is 1.94. The molecule has 1 aliphatic rings. The highest BCUT2D eigenvalue weighted by atomic mass is 16.2. The lowest BCUT2D eigenvalue weighted by Crippen LogP contribution is -2.27. The van der Waals surface area contributed by atoms with E-state index >= 15 is 0 Å². The fourth-order valence-electron chi connectivity index (χ4n) is 2.34. The molecule has 1 fully saturated rings. The largest absolute Gasteiger partial charge is 0.337 e. The van der Waals surface area contributed by atoms with Gasteiger partial charge in [-0.1, -0.05) is 6.07 Å². The summed E-state index contributed by atoms with van der Waals surface area (Å²) >= 11 is 0. The van der Waals surface area contributed by atoms with Crippen molar-refractivity contribution in [3.05, 3.63) is 35.8 Å². The van der Waals surface area contributed by atoms with E-state index in [0.29, 0.717) is 12.2 Å². The minimum absolute atomic E-state index is 0.0329. The second-order valence-electron chi connectivity index (χ2n) is 4.63. The highest BCUT2D eigenvalue weighted by Crippen LogP contribution is 2.14. The number of carbonyl (C=O) groups excluding carboxylic acids is 1. The maximum absolute atomic E-state index is 12.2. The van der Waals surface area contributed by atoms with Crippen LogP contribution in [0.5, 0.6) is 0 Å². The molecule has 5 nitrogen and oxygen atoms in total. The summed E-state index contributed by atoms with van der Waals surface area (Å²) in [6.45, 7) is 2.19. The smallest absolute Gasteiger partial charge is 0.274 e. The molecule has 2 aromatic heterocycles. The first kappa shape index (κ1) is 11.2. The van der Waals surface area contributed by atoms with Crippen molar-refractivity contribution < 1.29 is 4.79 Å². The maximum atomic E-state index is 12.2. The second kappa shape index (κ2) is 4.42. The number of carbonyl (C=O) groups is 1. The number of hydrogen-bond acceptors (Lipinski definition) is 3. The molecule has 0 bridgehead atoms. The lowest BCUT2D eigenvalue weighted by atomic mass is 10.3. The van der Waals surface area contributed by atoms with Crippen molar-refractivity contribution >= 4 is 11.6 Å². The van der Waals surface area contributed by atoms with Crippen molar-refractivity contribution in [1.29, 1.82) is 0 Å². The third-order valence-corrected chi connectivity index (χ3v) is 3.36. The molecule has 0 unspecified atom stereocenters. The normalized spacial score (nSPS) is 15.5. The molecule has 2 N–H and O–H groups in total. The summed E-state index contributed by atoms with van der Waals surface area (Å²) in [6, 6.07) is 3.83. The average Bonchev–Trinajstić information content (AvgIpc) is 3.05. The lowest BCUT2D eigenvalue weighted by Gasteiger charge is -2.12. The monoisotopic (exact) mass is 244 g/mol. The molecule has 18 heavy (non-hydrogen) atoms. The molecule has 94 valence electrons. The molecule has 3 heterocycles. The van der Waals surface area contributed by atoms with Crippen LogP contribution in [0.1, 0.15) is 28.9 Å². The van der Waals surface area contributed by atoms with E-state index in [1.165, 1.54) is 0 Å². The third-order valence-electron chi connectivity index (χ3n) is 3.36. The Kier molecular flexibility index (Phi) is 2.76. The van der Waals surface area contributed by atoms with Crippen molar-refractivity contribution in [3.8, 4) is 0 Å². The number of nitrogens with zero attached hydrogens (tertiary/aromatic N) is 3. The van der Waals surface area contributed by atoms with Gasteiger partial charge in [-0.15, -0.1) is 0 Å². The standard InChI is InChI=1S/C13H16N4O/c14-7-10-3-4-12-15-11(9-17(12)8-10)13(18)16-5-1-2-6-16/h3-4,8-9H,1-2,5-7,14H2. The molecule has 0 spiro atoms. The van der Waals surface area contributed by atoms with Gasteiger partial charge in [0.1, 0.15) is 11.3 Å². The van der Waals surface area contributed by atoms with Gasteiger partial charge in [0.05, 0.1) is 0 Å². The molecule has 3 rings (SSSR count). The van der Waals surface area contributed by atoms with Crippen LogP contribution in [0, 0.1) is 0 Å². The lowest BCUT2D eigenvalue weighted by molar-refractivity contribution is 0.0787. The summed E-state index contributed by atoms with van der Waals surface area (Å²) in [5.41, 5.74) is 7.93. The van der Waals surface area contributed by atoms with Crippen LogP contribution in [-0.4, -0.2) is 33.3 Å². The van der Waals surface area contributed by atoms with Gasteiger partial charge < -0.3 is 15.0 Å². The predicted molar refractivity (Wildman–Crippen MR) is 68.2 cm³/mol. The van der Waals surface area contributed by atoms with Gasteiger partial charge in [-0.25, -0.2) is 4.98 Å². The molecule has 0 atom stereocenters. The number of aromatic nitrogens is 2. The first-order valence-corrected chi connectivity index (χ1v) is 6.25. The predicted octanol–water partition coefficient (Wildman–Crippen LogP) is 1.03. The van der Waals surface area contributed by atoms with Crippen LogP contribution < -0.4 is 5.73 Å². The number of likely N-dealkylation sites (tertiary alicyclic amines) is 1. The highest BCUT2D eigenvalue weighted by molar-refractivity contribution is 5.93. The van der Waals surface area contributed by atoms with Gasteiger partial charge in [-0.3, -0.25) is 4.79 Å². The molecule has 1 saturated heterocycles. The zero-order valence-corrected chi connectivity index (χ0v) is 10.2. The molecular weight excluding hydrogens is 228 g/mol. The van der Waals surface area contributed by atoms with Gasteiger partial charge in [0.25, 0.3) is 5.91 Å². The fraction of sp³-hybridized carbons (Fsp3) is 0.385. The zero-order valence-electron chi connectivity index (χ0n) is 10.2. The summed E-state index contributed by atoms with van der Waals surface area (Å²) < 4.78 is 1.87. The van der Waals surface area contributed by atoms with Gasteiger partial charge in [0.2, 0.25) is 0 Å². The quantitative estimate of drug-likeness (QED) is 0.858. The molecule has 0 saturated carbocycles. The minimum atomic E-state index is 0.0329. The number of nitrogens with two attached hydrogens (primary N) is 1.